The quantitative estimate of drug-likeness (QED) is 0.812. The summed E-state index contributed by atoms with van der Waals surface area (Å²) < 4.78 is 0. The number of nitrogens with one attached hydrogen (secondary N) is 1. The molecule has 6 heteroatoms. The minimum absolute atomic E-state index is 0.121. The number of rotatable bonds is 4. The van der Waals surface area contributed by atoms with Crippen molar-refractivity contribution in [1.82, 2.24) is 19.9 Å². The topological polar surface area (TPSA) is 80.7 Å². The van der Waals surface area contributed by atoms with Crippen LogP contribution in [0.4, 0.5) is 5.82 Å². The highest BCUT2D eigenvalue weighted by molar-refractivity contribution is 5.96. The zero-order valence-electron chi connectivity index (χ0n) is 10.2. The van der Waals surface area contributed by atoms with Gasteiger partial charge in [-0.15, -0.1) is 0 Å². The third kappa shape index (κ3) is 3.07. The van der Waals surface area contributed by atoms with Crippen molar-refractivity contribution in [3.8, 4) is 0 Å². The zero-order valence-corrected chi connectivity index (χ0v) is 10.2. The molecule has 0 unspecified atom stereocenters. The van der Waals surface area contributed by atoms with Crippen molar-refractivity contribution in [1.29, 1.82) is 0 Å². The molecule has 0 aliphatic heterocycles. The van der Waals surface area contributed by atoms with Crippen LogP contribution in [0.2, 0.25) is 0 Å². The third-order valence-corrected chi connectivity index (χ3v) is 2.28. The molecule has 6 nitrogen and oxygen atoms in total. The van der Waals surface area contributed by atoms with Crippen LogP contribution in [0.15, 0.2) is 24.8 Å². The minimum atomic E-state index is -0.134. The summed E-state index contributed by atoms with van der Waals surface area (Å²) in [6.45, 7) is 3.79. The van der Waals surface area contributed by atoms with Gasteiger partial charge in [0.1, 0.15) is 11.5 Å². The van der Waals surface area contributed by atoms with Gasteiger partial charge in [0.25, 0.3) is 0 Å². The van der Waals surface area contributed by atoms with E-state index >= 15 is 0 Å². The molecule has 0 aliphatic carbocycles. The summed E-state index contributed by atoms with van der Waals surface area (Å²) in [5.41, 5.74) is 1.95. The van der Waals surface area contributed by atoms with Gasteiger partial charge in [-0.3, -0.25) is 14.8 Å². The second-order valence-electron chi connectivity index (χ2n) is 3.86. The largest absolute Gasteiger partial charge is 0.361 e. The van der Waals surface area contributed by atoms with E-state index in [9.17, 15) is 4.79 Å². The van der Waals surface area contributed by atoms with Crippen LogP contribution in [0.5, 0.6) is 0 Å². The maximum Gasteiger partial charge on any atom is 0.201 e. The summed E-state index contributed by atoms with van der Waals surface area (Å²) in [5.74, 6) is 0.430. The fraction of sp³-hybridized carbons (Fsp3) is 0.250. The Morgan fingerprint density at radius 2 is 1.67 bits per heavy atom. The van der Waals surface area contributed by atoms with Gasteiger partial charge in [0.05, 0.1) is 36.5 Å². The lowest BCUT2D eigenvalue weighted by molar-refractivity contribution is 0.100. The highest BCUT2D eigenvalue weighted by Crippen LogP contribution is 2.01. The Labute approximate surface area is 105 Å². The average molecular weight is 243 g/mol. The van der Waals surface area contributed by atoms with E-state index in [1.165, 1.54) is 6.20 Å². The van der Waals surface area contributed by atoms with Gasteiger partial charge in [-0.05, 0) is 13.8 Å². The standard InChI is InChI=1S/C12H13N5O/c1-8-3-15-10(5-13-8)11(18)6-17-12-7-14-9(2)4-16-12/h3-5,7H,6H2,1-2H3,(H,16,17). The SMILES string of the molecule is Cc1cnc(NCC(=O)c2cnc(C)cn2)cn1. The Kier molecular flexibility index (Phi) is 3.57. The van der Waals surface area contributed by atoms with Crippen molar-refractivity contribution in [3.63, 3.8) is 0 Å². The Balaban J connectivity index is 1.96. The minimum Gasteiger partial charge on any atom is -0.361 e. The monoisotopic (exact) mass is 243 g/mol. The Bertz CT molecular complexity index is 535. The maximum absolute atomic E-state index is 11.8. The van der Waals surface area contributed by atoms with E-state index in [0.29, 0.717) is 11.5 Å². The number of carbonyl (C=O) groups excluding carboxylic acids is 1. The molecule has 18 heavy (non-hydrogen) atoms. The van der Waals surface area contributed by atoms with Crippen molar-refractivity contribution in [2.75, 3.05) is 11.9 Å². The van der Waals surface area contributed by atoms with E-state index in [1.807, 2.05) is 13.8 Å². The van der Waals surface area contributed by atoms with Gasteiger partial charge in [-0.25, -0.2) is 9.97 Å². The van der Waals surface area contributed by atoms with Crippen LogP contribution in [0.25, 0.3) is 0 Å². The molecule has 0 radical (unpaired) electrons. The average Bonchev–Trinajstić information content (AvgIpc) is 2.38. The number of aryl methyl sites for hydroxylation is 2. The number of ketones is 1. The molecule has 0 fully saturated rings. The number of hydrogen-bond acceptors (Lipinski definition) is 6. The first-order valence-electron chi connectivity index (χ1n) is 5.49. The molecule has 2 heterocycles. The molecule has 0 atom stereocenters. The molecule has 1 N–H and O–H groups in total. The first kappa shape index (κ1) is 12.1. The van der Waals surface area contributed by atoms with Crippen molar-refractivity contribution in [2.24, 2.45) is 0 Å². The first-order chi connectivity index (χ1) is 8.65. The number of carbonyl (C=O) groups is 1. The molecule has 92 valence electrons. The molecule has 0 aromatic carbocycles. The van der Waals surface area contributed by atoms with Gasteiger partial charge >= 0.3 is 0 Å². The van der Waals surface area contributed by atoms with Gasteiger partial charge in [0.15, 0.2) is 0 Å². The van der Waals surface area contributed by atoms with Crippen molar-refractivity contribution in [3.05, 3.63) is 41.9 Å². The molecule has 2 aromatic rings. The van der Waals surface area contributed by atoms with Crippen molar-refractivity contribution in [2.45, 2.75) is 13.8 Å². The predicted octanol–water partition coefficient (Wildman–Crippen LogP) is 1.18. The highest BCUT2D eigenvalue weighted by Gasteiger charge is 2.07. The predicted molar refractivity (Wildman–Crippen MR) is 66.4 cm³/mol. The summed E-state index contributed by atoms with van der Waals surface area (Å²) in [6, 6.07) is 0. The van der Waals surface area contributed by atoms with E-state index < -0.39 is 0 Å². The van der Waals surface area contributed by atoms with Crippen LogP contribution < -0.4 is 5.32 Å². The summed E-state index contributed by atoms with van der Waals surface area (Å²) >= 11 is 0. The lowest BCUT2D eigenvalue weighted by Crippen LogP contribution is -2.16. The molecule has 0 spiro atoms. The Morgan fingerprint density at radius 1 is 1.00 bits per heavy atom. The summed E-state index contributed by atoms with van der Waals surface area (Å²) in [5, 5.41) is 2.89. The lowest BCUT2D eigenvalue weighted by atomic mass is 10.3. The lowest BCUT2D eigenvalue weighted by Gasteiger charge is -2.04. The van der Waals surface area contributed by atoms with Gasteiger partial charge < -0.3 is 5.32 Å². The number of hydrogen-bond donors (Lipinski definition) is 1. The van der Waals surface area contributed by atoms with E-state index in [-0.39, 0.29) is 12.3 Å². The van der Waals surface area contributed by atoms with E-state index in [4.69, 9.17) is 0 Å². The van der Waals surface area contributed by atoms with Crippen LogP contribution in [0, 0.1) is 13.8 Å². The molecule has 0 bridgehead atoms. The van der Waals surface area contributed by atoms with Crippen LogP contribution in [-0.2, 0) is 0 Å². The molecular formula is C12H13N5O. The number of aromatic nitrogens is 4. The second-order valence-corrected chi connectivity index (χ2v) is 3.86. The number of nitrogens with zero attached hydrogens (tertiary/aromatic N) is 4. The third-order valence-electron chi connectivity index (χ3n) is 2.28. The van der Waals surface area contributed by atoms with Crippen LogP contribution in [-0.4, -0.2) is 32.3 Å². The fourth-order valence-electron chi connectivity index (χ4n) is 1.28. The van der Waals surface area contributed by atoms with Crippen LogP contribution >= 0.6 is 0 Å². The Hall–Kier alpha value is -2.37. The molecule has 2 aromatic heterocycles. The van der Waals surface area contributed by atoms with E-state index in [2.05, 4.69) is 25.3 Å². The van der Waals surface area contributed by atoms with Gasteiger partial charge in [-0.2, -0.15) is 0 Å². The number of Topliss-reactive ketones (excluding diaryl/α,β-unsaturated/α-hetero) is 1. The first-order valence-corrected chi connectivity index (χ1v) is 5.49. The second kappa shape index (κ2) is 5.31. The van der Waals surface area contributed by atoms with Gasteiger partial charge in [0.2, 0.25) is 5.78 Å². The van der Waals surface area contributed by atoms with Crippen LogP contribution in [0.3, 0.4) is 0 Å². The molecular weight excluding hydrogens is 230 g/mol. The van der Waals surface area contributed by atoms with Gasteiger partial charge in [-0.1, -0.05) is 0 Å². The summed E-state index contributed by atoms with van der Waals surface area (Å²) in [7, 11) is 0. The normalized spacial score (nSPS) is 10.1. The summed E-state index contributed by atoms with van der Waals surface area (Å²) in [6.07, 6.45) is 6.26. The molecule has 0 aliphatic rings. The van der Waals surface area contributed by atoms with E-state index in [0.717, 1.165) is 11.4 Å². The fourth-order valence-corrected chi connectivity index (χ4v) is 1.28. The molecule has 0 amide bonds. The zero-order chi connectivity index (χ0) is 13.0. The Morgan fingerprint density at radius 3 is 2.22 bits per heavy atom. The van der Waals surface area contributed by atoms with Crippen molar-refractivity contribution < 1.29 is 4.79 Å². The van der Waals surface area contributed by atoms with Crippen molar-refractivity contribution >= 4 is 11.6 Å². The summed E-state index contributed by atoms with van der Waals surface area (Å²) in [4.78, 5) is 28.0. The molecule has 0 saturated carbocycles. The van der Waals surface area contributed by atoms with E-state index in [1.54, 1.807) is 18.6 Å². The molecule has 0 saturated heterocycles. The number of anilines is 1. The smallest absolute Gasteiger partial charge is 0.201 e. The maximum atomic E-state index is 11.8. The highest BCUT2D eigenvalue weighted by atomic mass is 16.1. The molecule has 2 rings (SSSR count). The van der Waals surface area contributed by atoms with Gasteiger partial charge in [0, 0.05) is 6.20 Å². The van der Waals surface area contributed by atoms with Crippen LogP contribution in [0.1, 0.15) is 21.9 Å².